The van der Waals surface area contributed by atoms with Gasteiger partial charge < -0.3 is 10.4 Å². The van der Waals surface area contributed by atoms with Gasteiger partial charge in [0.25, 0.3) is 0 Å². The lowest BCUT2D eigenvalue weighted by Gasteiger charge is -2.15. The molecule has 0 aliphatic carbocycles. The summed E-state index contributed by atoms with van der Waals surface area (Å²) >= 11 is 3.45. The number of rotatable bonds is 6. The summed E-state index contributed by atoms with van der Waals surface area (Å²) in [5, 5.41) is 16.9. The Morgan fingerprint density at radius 3 is 2.58 bits per heavy atom. The summed E-state index contributed by atoms with van der Waals surface area (Å²) in [6, 6.07) is 3.86. The number of amides is 1. The van der Waals surface area contributed by atoms with Gasteiger partial charge in [-0.3, -0.25) is 9.48 Å². The van der Waals surface area contributed by atoms with Crippen LogP contribution in [0.15, 0.2) is 27.6 Å². The quantitative estimate of drug-likeness (QED) is 0.667. The summed E-state index contributed by atoms with van der Waals surface area (Å²) < 4.78 is 26.6. The number of phenolic OH excluding ortho intramolecular Hbond substituents is 1. The Labute approximate surface area is 161 Å². The Morgan fingerprint density at radius 2 is 2.04 bits per heavy atom. The smallest absolute Gasteiger partial charge is 0.229 e. The number of nitrogens with zero attached hydrogens (tertiary/aromatic N) is 2. The van der Waals surface area contributed by atoms with Gasteiger partial charge in [-0.2, -0.15) is 5.10 Å². The highest BCUT2D eigenvalue weighted by Crippen LogP contribution is 2.28. The molecule has 26 heavy (non-hydrogen) atoms. The van der Waals surface area contributed by atoms with Crippen molar-refractivity contribution in [2.24, 2.45) is 5.92 Å². The number of benzene rings is 1. The van der Waals surface area contributed by atoms with Gasteiger partial charge >= 0.3 is 0 Å². The zero-order valence-corrected chi connectivity index (χ0v) is 17.5. The van der Waals surface area contributed by atoms with Gasteiger partial charge in [0.15, 0.2) is 9.84 Å². The molecule has 2 rings (SSSR count). The number of aromatic nitrogens is 2. The zero-order chi connectivity index (χ0) is 19.6. The minimum atomic E-state index is -3.43. The number of aryl methyl sites for hydroxylation is 1. The van der Waals surface area contributed by atoms with Crippen LogP contribution in [0.25, 0.3) is 0 Å². The number of carbonyl (C=O) groups is 1. The van der Waals surface area contributed by atoms with E-state index >= 15 is 0 Å². The van der Waals surface area contributed by atoms with Crippen LogP contribution in [0.2, 0.25) is 0 Å². The highest BCUT2D eigenvalue weighted by atomic mass is 79.9. The standard InChI is InChI=1S/C17H22BrN3O4S/c1-5-26(24,25)13-6-7-15(22)14(8-13)19-17(23)10(2)9-21-12(4)16(18)11(3)20-21/h6-8,10,22H,5,9H2,1-4H3,(H,19,23)/t10-/m0/s1. The summed E-state index contributed by atoms with van der Waals surface area (Å²) in [5.41, 5.74) is 1.83. The number of hydrogen-bond acceptors (Lipinski definition) is 5. The van der Waals surface area contributed by atoms with Gasteiger partial charge in [0, 0.05) is 5.69 Å². The van der Waals surface area contributed by atoms with Crippen LogP contribution in [0.3, 0.4) is 0 Å². The molecule has 1 aromatic heterocycles. The average Bonchev–Trinajstić information content (AvgIpc) is 2.83. The predicted octanol–water partition coefficient (Wildman–Crippen LogP) is 3.04. The topological polar surface area (TPSA) is 101 Å². The molecule has 0 aliphatic heterocycles. The van der Waals surface area contributed by atoms with Crippen molar-refractivity contribution in [1.82, 2.24) is 9.78 Å². The van der Waals surface area contributed by atoms with Crippen LogP contribution in [-0.2, 0) is 21.2 Å². The third kappa shape index (κ3) is 4.27. The van der Waals surface area contributed by atoms with E-state index in [1.807, 2.05) is 13.8 Å². The van der Waals surface area contributed by atoms with Crippen LogP contribution in [0.5, 0.6) is 5.75 Å². The molecule has 0 bridgehead atoms. The summed E-state index contributed by atoms with van der Waals surface area (Å²) in [6.07, 6.45) is 0. The molecular weight excluding hydrogens is 422 g/mol. The van der Waals surface area contributed by atoms with Crippen molar-refractivity contribution in [1.29, 1.82) is 0 Å². The number of phenols is 1. The minimum Gasteiger partial charge on any atom is -0.506 e. The van der Waals surface area contributed by atoms with Gasteiger partial charge in [-0.05, 0) is 48.0 Å². The van der Waals surface area contributed by atoms with Gasteiger partial charge in [-0.1, -0.05) is 13.8 Å². The van der Waals surface area contributed by atoms with Crippen molar-refractivity contribution < 1.29 is 18.3 Å². The molecule has 0 fully saturated rings. The van der Waals surface area contributed by atoms with Gasteiger partial charge in [-0.25, -0.2) is 8.42 Å². The van der Waals surface area contributed by atoms with E-state index in [0.29, 0.717) is 6.54 Å². The molecule has 1 atom stereocenters. The molecule has 0 saturated carbocycles. The molecule has 2 aromatic rings. The third-order valence-corrected chi connectivity index (χ3v) is 7.03. The molecule has 0 aliphatic rings. The van der Waals surface area contributed by atoms with Gasteiger partial charge in [-0.15, -0.1) is 0 Å². The van der Waals surface area contributed by atoms with Crippen molar-refractivity contribution >= 4 is 37.4 Å². The first-order valence-corrected chi connectivity index (χ1v) is 10.6. The molecule has 0 saturated heterocycles. The van der Waals surface area contributed by atoms with E-state index in [2.05, 4.69) is 26.3 Å². The molecule has 1 amide bonds. The van der Waals surface area contributed by atoms with E-state index in [9.17, 15) is 18.3 Å². The molecule has 9 heteroatoms. The third-order valence-electron chi connectivity index (χ3n) is 4.15. The summed E-state index contributed by atoms with van der Waals surface area (Å²) in [5.74, 6) is -1.02. The number of halogens is 1. The summed E-state index contributed by atoms with van der Waals surface area (Å²) in [7, 11) is -3.43. The highest BCUT2D eigenvalue weighted by molar-refractivity contribution is 9.10. The Balaban J connectivity index is 2.18. The first-order valence-electron chi connectivity index (χ1n) is 8.13. The molecule has 1 heterocycles. The molecule has 7 nitrogen and oxygen atoms in total. The second-order valence-corrected chi connectivity index (χ2v) is 9.21. The lowest BCUT2D eigenvalue weighted by Crippen LogP contribution is -2.25. The Hall–Kier alpha value is -1.87. The van der Waals surface area contributed by atoms with Crippen molar-refractivity contribution in [3.8, 4) is 5.75 Å². The normalized spacial score (nSPS) is 12.8. The number of sulfone groups is 1. The number of hydrogen-bond donors (Lipinski definition) is 2. The second-order valence-electron chi connectivity index (χ2n) is 6.14. The van der Waals surface area contributed by atoms with Crippen LogP contribution in [0.4, 0.5) is 5.69 Å². The highest BCUT2D eigenvalue weighted by Gasteiger charge is 2.20. The van der Waals surface area contributed by atoms with Gasteiger partial charge in [0.1, 0.15) is 5.75 Å². The van der Waals surface area contributed by atoms with E-state index in [4.69, 9.17) is 0 Å². The largest absolute Gasteiger partial charge is 0.506 e. The molecular formula is C17H22BrN3O4S. The van der Waals surface area contributed by atoms with E-state index < -0.39 is 15.8 Å². The molecule has 142 valence electrons. The maximum atomic E-state index is 12.5. The van der Waals surface area contributed by atoms with Crippen LogP contribution >= 0.6 is 15.9 Å². The SMILES string of the molecule is CCS(=O)(=O)c1ccc(O)c(NC(=O)[C@@H](C)Cn2nc(C)c(Br)c2C)c1. The molecule has 0 spiro atoms. The average molecular weight is 444 g/mol. The number of nitrogens with one attached hydrogen (secondary N) is 1. The summed E-state index contributed by atoms with van der Waals surface area (Å²) in [4.78, 5) is 12.5. The van der Waals surface area contributed by atoms with E-state index in [1.54, 1.807) is 11.6 Å². The van der Waals surface area contributed by atoms with Crippen molar-refractivity contribution in [3.05, 3.63) is 34.1 Å². The lowest BCUT2D eigenvalue weighted by atomic mass is 10.1. The van der Waals surface area contributed by atoms with E-state index in [0.717, 1.165) is 15.9 Å². The lowest BCUT2D eigenvalue weighted by molar-refractivity contribution is -0.119. The van der Waals surface area contributed by atoms with Crippen molar-refractivity contribution in [2.45, 2.75) is 39.1 Å². The van der Waals surface area contributed by atoms with Gasteiger partial charge in [0.2, 0.25) is 5.91 Å². The van der Waals surface area contributed by atoms with Crippen LogP contribution in [0, 0.1) is 19.8 Å². The van der Waals surface area contributed by atoms with Crippen LogP contribution < -0.4 is 5.32 Å². The van der Waals surface area contributed by atoms with Crippen molar-refractivity contribution in [3.63, 3.8) is 0 Å². The number of aromatic hydroxyl groups is 1. The zero-order valence-electron chi connectivity index (χ0n) is 15.1. The molecule has 1 aromatic carbocycles. The Morgan fingerprint density at radius 1 is 1.38 bits per heavy atom. The first kappa shape index (κ1) is 20.4. The minimum absolute atomic E-state index is 0.0585. The maximum absolute atomic E-state index is 12.5. The first-order chi connectivity index (χ1) is 12.1. The predicted molar refractivity (Wildman–Crippen MR) is 103 cm³/mol. The van der Waals surface area contributed by atoms with Crippen molar-refractivity contribution in [2.75, 3.05) is 11.1 Å². The van der Waals surface area contributed by atoms with Crippen LogP contribution in [0.1, 0.15) is 25.2 Å². The van der Waals surface area contributed by atoms with E-state index in [-0.39, 0.29) is 28.0 Å². The molecule has 0 radical (unpaired) electrons. The molecule has 0 unspecified atom stereocenters. The fraction of sp³-hybridized carbons (Fsp3) is 0.412. The maximum Gasteiger partial charge on any atom is 0.229 e. The molecule has 2 N–H and O–H groups in total. The van der Waals surface area contributed by atoms with E-state index in [1.165, 1.54) is 25.1 Å². The monoisotopic (exact) mass is 443 g/mol. The Bertz CT molecular complexity index is 938. The second kappa shape index (κ2) is 7.79. The number of anilines is 1. The fourth-order valence-electron chi connectivity index (χ4n) is 2.43. The number of carbonyl (C=O) groups excluding carboxylic acids is 1. The van der Waals surface area contributed by atoms with Crippen LogP contribution in [-0.4, -0.2) is 35.0 Å². The van der Waals surface area contributed by atoms with Gasteiger partial charge in [0.05, 0.1) is 39.0 Å². The Kier molecular flexibility index (Phi) is 6.13. The fourth-order valence-corrected chi connectivity index (χ4v) is 3.62. The summed E-state index contributed by atoms with van der Waals surface area (Å²) in [6.45, 7) is 7.41.